The van der Waals surface area contributed by atoms with Gasteiger partial charge in [-0.2, -0.15) is 0 Å². The van der Waals surface area contributed by atoms with Gasteiger partial charge in [-0.25, -0.2) is 4.79 Å². The van der Waals surface area contributed by atoms with Crippen molar-refractivity contribution >= 4 is 63.3 Å². The average molecular weight is 309 g/mol. The van der Waals surface area contributed by atoms with Gasteiger partial charge in [0.2, 0.25) is 0 Å². The van der Waals surface area contributed by atoms with Crippen LogP contribution in [-0.2, 0) is 14.3 Å². The molecule has 0 saturated carbocycles. The van der Waals surface area contributed by atoms with Gasteiger partial charge in [-0.3, -0.25) is 4.79 Å². The third-order valence-electron chi connectivity index (χ3n) is 3.04. The zero-order valence-electron chi connectivity index (χ0n) is 12.5. The fourth-order valence-corrected chi connectivity index (χ4v) is 1.82. The predicted molar refractivity (Wildman–Crippen MR) is 84.9 cm³/mol. The van der Waals surface area contributed by atoms with Gasteiger partial charge in [0.05, 0.1) is 0 Å². The van der Waals surface area contributed by atoms with Crippen LogP contribution in [0.4, 0.5) is 0 Å². The van der Waals surface area contributed by atoms with Crippen molar-refractivity contribution in [2.75, 3.05) is 0 Å². The molecule has 0 rings (SSSR count). The topological polar surface area (TPSA) is 43.4 Å². The summed E-state index contributed by atoms with van der Waals surface area (Å²) in [5, 5.41) is 0. The van der Waals surface area contributed by atoms with Crippen molar-refractivity contribution in [3.05, 3.63) is 12.2 Å². The number of esters is 2. The first-order valence-electron chi connectivity index (χ1n) is 7.48. The van der Waals surface area contributed by atoms with Crippen LogP contribution in [0.3, 0.4) is 0 Å². The van der Waals surface area contributed by atoms with Crippen LogP contribution in [0.1, 0.15) is 78.1 Å². The van der Waals surface area contributed by atoms with Crippen LogP contribution in [0.25, 0.3) is 0 Å². The fraction of sp³-hybridized carbons (Fsp3) is 0.750. The Bertz CT molecular complexity index is 287. The van der Waals surface area contributed by atoms with Gasteiger partial charge in [-0.1, -0.05) is 64.9 Å². The molecule has 0 aliphatic rings. The second-order valence-electron chi connectivity index (χ2n) is 5.12. The molecule has 0 atom stereocenters. The first-order valence-corrected chi connectivity index (χ1v) is 7.48. The van der Waals surface area contributed by atoms with Gasteiger partial charge in [0.25, 0.3) is 0 Å². The maximum atomic E-state index is 11.3. The first-order chi connectivity index (χ1) is 9.07. The van der Waals surface area contributed by atoms with E-state index in [9.17, 15) is 9.59 Å². The van der Waals surface area contributed by atoms with E-state index < -0.39 is 11.9 Å². The van der Waals surface area contributed by atoms with E-state index in [0.29, 0.717) is 6.42 Å². The summed E-state index contributed by atoms with van der Waals surface area (Å²) in [5.41, 5.74) is 0.264. The van der Waals surface area contributed by atoms with Gasteiger partial charge in [-0.05, 0) is 13.3 Å². The van der Waals surface area contributed by atoms with Crippen LogP contribution in [-0.4, -0.2) is 63.3 Å². The first kappa shape index (κ1) is 22.8. The van der Waals surface area contributed by atoms with Crippen LogP contribution >= 0.6 is 0 Å². The normalized spacial score (nSPS) is 9.70. The predicted octanol–water partition coefficient (Wildman–Crippen LogP) is 3.90. The molecule has 0 aromatic heterocycles. The molecule has 3 nitrogen and oxygen atoms in total. The van der Waals surface area contributed by atoms with E-state index in [1.807, 2.05) is 0 Å². The number of hydrogen-bond donors (Lipinski definition) is 0. The number of rotatable bonds is 11. The summed E-state index contributed by atoms with van der Waals surface area (Å²) < 4.78 is 4.61. The molecule has 0 aliphatic carbocycles. The summed E-state index contributed by atoms with van der Waals surface area (Å²) in [5.74, 6) is -1.04. The molecule has 112 valence electrons. The van der Waals surface area contributed by atoms with Crippen molar-refractivity contribution in [2.24, 2.45) is 0 Å². The Labute approximate surface area is 166 Å². The van der Waals surface area contributed by atoms with E-state index in [1.165, 1.54) is 45.4 Å². The van der Waals surface area contributed by atoms with Crippen LogP contribution in [0.15, 0.2) is 12.2 Å². The van der Waals surface area contributed by atoms with Gasteiger partial charge >= 0.3 is 63.3 Å². The number of carbonyl (C=O) groups is 2. The van der Waals surface area contributed by atoms with Crippen molar-refractivity contribution in [2.45, 2.75) is 78.1 Å². The molecule has 0 radical (unpaired) electrons. The monoisotopic (exact) mass is 308 g/mol. The number of carbonyl (C=O) groups excluding carboxylic acids is 2. The van der Waals surface area contributed by atoms with Gasteiger partial charge < -0.3 is 4.74 Å². The molecule has 0 saturated heterocycles. The van der Waals surface area contributed by atoms with Gasteiger partial charge in [0, 0.05) is 12.0 Å². The molecule has 0 unspecified atom stereocenters. The Morgan fingerprint density at radius 3 is 1.80 bits per heavy atom. The quantitative estimate of drug-likeness (QED) is 0.191. The van der Waals surface area contributed by atoms with Gasteiger partial charge in [0.1, 0.15) is 0 Å². The van der Waals surface area contributed by atoms with Crippen molar-refractivity contribution < 1.29 is 14.3 Å². The van der Waals surface area contributed by atoms with Gasteiger partial charge in [-0.15, -0.1) is 0 Å². The zero-order valence-corrected chi connectivity index (χ0v) is 12.5. The summed E-state index contributed by atoms with van der Waals surface area (Å²) in [6.07, 6.45) is 11.1. The second-order valence-corrected chi connectivity index (χ2v) is 5.12. The standard InChI is InChI=1S/C16H28O3.K.H/c1-4-5-6-7-8-9-10-11-12-13-15(17)19-16(18)14(2)3;;/h2,4-13H2,1,3H3;;. The molecular weight excluding hydrogens is 279 g/mol. The molecule has 0 heterocycles. The number of hydrogen-bond acceptors (Lipinski definition) is 3. The van der Waals surface area contributed by atoms with Crippen molar-refractivity contribution in [1.29, 1.82) is 0 Å². The summed E-state index contributed by atoms with van der Waals surface area (Å²) in [7, 11) is 0. The van der Waals surface area contributed by atoms with Crippen LogP contribution in [0, 0.1) is 0 Å². The van der Waals surface area contributed by atoms with E-state index in [1.54, 1.807) is 0 Å². The third-order valence-corrected chi connectivity index (χ3v) is 3.04. The molecule has 0 fully saturated rings. The minimum absolute atomic E-state index is 0. The van der Waals surface area contributed by atoms with E-state index in [4.69, 9.17) is 0 Å². The minimum atomic E-state index is -0.610. The molecule has 20 heavy (non-hydrogen) atoms. The van der Waals surface area contributed by atoms with Gasteiger partial charge in [0.15, 0.2) is 0 Å². The van der Waals surface area contributed by atoms with E-state index >= 15 is 0 Å². The molecule has 0 spiro atoms. The summed E-state index contributed by atoms with van der Waals surface area (Å²) in [6.45, 7) is 7.19. The maximum absolute atomic E-state index is 11.3. The molecule has 0 bridgehead atoms. The summed E-state index contributed by atoms with van der Waals surface area (Å²) in [6, 6.07) is 0. The van der Waals surface area contributed by atoms with E-state index in [2.05, 4.69) is 18.2 Å². The molecule has 0 aliphatic heterocycles. The van der Waals surface area contributed by atoms with Crippen LogP contribution in [0.5, 0.6) is 0 Å². The van der Waals surface area contributed by atoms with E-state index in [0.717, 1.165) is 19.3 Å². The number of ether oxygens (including phenoxy) is 1. The Morgan fingerprint density at radius 2 is 1.35 bits per heavy atom. The van der Waals surface area contributed by atoms with Crippen LogP contribution < -0.4 is 0 Å². The average Bonchev–Trinajstić information content (AvgIpc) is 2.36. The molecule has 0 N–H and O–H groups in total. The zero-order chi connectivity index (χ0) is 14.5. The van der Waals surface area contributed by atoms with Crippen molar-refractivity contribution in [3.8, 4) is 0 Å². The summed E-state index contributed by atoms with van der Waals surface area (Å²) in [4.78, 5) is 22.4. The second kappa shape index (κ2) is 15.9. The Morgan fingerprint density at radius 1 is 0.900 bits per heavy atom. The van der Waals surface area contributed by atoms with E-state index in [-0.39, 0.29) is 57.0 Å². The Kier molecular flexibility index (Phi) is 18.1. The Hall–Kier alpha value is 0.516. The van der Waals surface area contributed by atoms with Crippen molar-refractivity contribution in [3.63, 3.8) is 0 Å². The molecule has 0 aromatic rings. The molecule has 0 aromatic carbocycles. The third kappa shape index (κ3) is 14.9. The van der Waals surface area contributed by atoms with Crippen molar-refractivity contribution in [1.82, 2.24) is 0 Å². The number of unbranched alkanes of at least 4 members (excludes halogenated alkanes) is 8. The SMILES string of the molecule is C=C(C)C(=O)OC(=O)CCCCCCCCCCC.[KH]. The Balaban J connectivity index is 0. The molecule has 0 amide bonds. The summed E-state index contributed by atoms with van der Waals surface area (Å²) >= 11 is 0. The fourth-order valence-electron chi connectivity index (χ4n) is 1.82. The molecular formula is C16H29KO3. The molecule has 4 heteroatoms. The van der Waals surface area contributed by atoms with Crippen LogP contribution in [0.2, 0.25) is 0 Å².